The number of hydrogen-bond donors (Lipinski definition) is 1. The van der Waals surface area contributed by atoms with Crippen LogP contribution in [0, 0.1) is 0 Å². The molecule has 0 aliphatic carbocycles. The minimum absolute atomic E-state index is 0.0675. The molecule has 0 spiro atoms. The molecule has 2 aromatic rings. The van der Waals surface area contributed by atoms with Crippen molar-refractivity contribution in [2.45, 2.75) is 45.4 Å². The van der Waals surface area contributed by atoms with Crippen LogP contribution in [0.3, 0.4) is 0 Å². The lowest BCUT2D eigenvalue weighted by atomic mass is 10.1. The van der Waals surface area contributed by atoms with Crippen molar-refractivity contribution in [2.24, 2.45) is 0 Å². The van der Waals surface area contributed by atoms with Gasteiger partial charge in [-0.2, -0.15) is 0 Å². The van der Waals surface area contributed by atoms with Gasteiger partial charge < -0.3 is 14.8 Å². The molecule has 0 fully saturated rings. The number of unbranched alkanes of at least 4 members (excludes halogenated alkanes) is 3. The van der Waals surface area contributed by atoms with Crippen LogP contribution in [-0.2, 0) is 16.0 Å². The number of nitrogens with one attached hydrogen (secondary N) is 1. The Hall–Kier alpha value is -2.82. The summed E-state index contributed by atoms with van der Waals surface area (Å²) in [5.41, 5.74) is 2.24. The smallest absolute Gasteiger partial charge is 0.338 e. The number of carbonyl (C=O) groups excluding carboxylic acids is 2. The molecule has 0 aliphatic heterocycles. The first-order chi connectivity index (χ1) is 13.6. The number of esters is 1. The van der Waals surface area contributed by atoms with Crippen molar-refractivity contribution in [1.82, 2.24) is 0 Å². The normalized spacial score (nSPS) is 10.4. The van der Waals surface area contributed by atoms with E-state index in [1.54, 1.807) is 31.4 Å². The van der Waals surface area contributed by atoms with Crippen molar-refractivity contribution in [3.05, 3.63) is 59.7 Å². The number of methoxy groups -OCH3 is 1. The fraction of sp³-hybridized carbons (Fsp3) is 0.391. The number of benzene rings is 2. The van der Waals surface area contributed by atoms with Crippen molar-refractivity contribution in [2.75, 3.05) is 19.0 Å². The number of amides is 1. The fourth-order valence-electron chi connectivity index (χ4n) is 2.74. The van der Waals surface area contributed by atoms with E-state index in [0.29, 0.717) is 30.7 Å². The lowest BCUT2D eigenvalue weighted by Crippen LogP contribution is -2.12. The molecule has 0 bridgehead atoms. The molecule has 0 heterocycles. The van der Waals surface area contributed by atoms with Crippen molar-refractivity contribution in [3.63, 3.8) is 0 Å². The van der Waals surface area contributed by atoms with E-state index in [1.807, 2.05) is 24.3 Å². The molecule has 2 aromatic carbocycles. The van der Waals surface area contributed by atoms with Gasteiger partial charge in [-0.15, -0.1) is 0 Å². The molecule has 0 saturated carbocycles. The minimum atomic E-state index is -0.325. The second-order valence-corrected chi connectivity index (χ2v) is 6.67. The molecule has 0 unspecified atom stereocenters. The third-order valence-electron chi connectivity index (χ3n) is 4.44. The molecule has 0 radical (unpaired) electrons. The van der Waals surface area contributed by atoms with Gasteiger partial charge in [0.1, 0.15) is 5.75 Å². The first-order valence-electron chi connectivity index (χ1n) is 9.82. The molecule has 1 amide bonds. The van der Waals surface area contributed by atoms with E-state index in [4.69, 9.17) is 9.47 Å². The summed E-state index contributed by atoms with van der Waals surface area (Å²) in [5, 5.41) is 2.85. The molecular formula is C23H29NO4. The largest absolute Gasteiger partial charge is 0.497 e. The summed E-state index contributed by atoms with van der Waals surface area (Å²) < 4.78 is 10.4. The molecule has 2 rings (SSSR count). The van der Waals surface area contributed by atoms with E-state index >= 15 is 0 Å². The molecule has 0 aromatic heterocycles. The number of aryl methyl sites for hydroxylation is 1. The second kappa shape index (κ2) is 11.8. The summed E-state index contributed by atoms with van der Waals surface area (Å²) in [6, 6.07) is 14.5. The molecule has 150 valence electrons. The van der Waals surface area contributed by atoms with Gasteiger partial charge in [-0.3, -0.25) is 4.79 Å². The van der Waals surface area contributed by atoms with Crippen molar-refractivity contribution in [1.29, 1.82) is 0 Å². The Morgan fingerprint density at radius 2 is 1.64 bits per heavy atom. The number of anilines is 1. The highest BCUT2D eigenvalue weighted by atomic mass is 16.5. The Morgan fingerprint density at radius 1 is 0.929 bits per heavy atom. The van der Waals surface area contributed by atoms with Crippen molar-refractivity contribution < 1.29 is 19.1 Å². The zero-order valence-electron chi connectivity index (χ0n) is 16.7. The third kappa shape index (κ3) is 7.43. The van der Waals surface area contributed by atoms with E-state index in [0.717, 1.165) is 37.0 Å². The van der Waals surface area contributed by atoms with Crippen LogP contribution in [0.25, 0.3) is 0 Å². The first kappa shape index (κ1) is 21.5. The molecular weight excluding hydrogens is 354 g/mol. The Labute approximate surface area is 167 Å². The summed E-state index contributed by atoms with van der Waals surface area (Å²) in [7, 11) is 1.63. The molecule has 0 aliphatic rings. The number of hydrogen-bond acceptors (Lipinski definition) is 4. The van der Waals surface area contributed by atoms with Crippen molar-refractivity contribution in [3.8, 4) is 5.75 Å². The Morgan fingerprint density at radius 3 is 2.29 bits per heavy atom. The highest BCUT2D eigenvalue weighted by molar-refractivity contribution is 5.93. The van der Waals surface area contributed by atoms with Gasteiger partial charge >= 0.3 is 5.97 Å². The van der Waals surface area contributed by atoms with Gasteiger partial charge in [0.15, 0.2) is 0 Å². The standard InChI is InChI=1S/C23H29NO4/c1-3-4-5-6-17-28-23(26)19-10-12-20(13-11-19)24-22(25)16-9-18-7-14-21(27-2)15-8-18/h7-8,10-15H,3-6,9,16-17H2,1-2H3,(H,24,25). The van der Waals surface area contributed by atoms with Crippen LogP contribution in [0.4, 0.5) is 5.69 Å². The lowest BCUT2D eigenvalue weighted by molar-refractivity contribution is -0.116. The van der Waals surface area contributed by atoms with Gasteiger partial charge in [-0.25, -0.2) is 4.79 Å². The lowest BCUT2D eigenvalue weighted by Gasteiger charge is -2.08. The van der Waals surface area contributed by atoms with Gasteiger partial charge in [-0.05, 0) is 54.8 Å². The molecule has 5 nitrogen and oxygen atoms in total. The average molecular weight is 383 g/mol. The van der Waals surface area contributed by atoms with E-state index in [-0.39, 0.29) is 11.9 Å². The second-order valence-electron chi connectivity index (χ2n) is 6.67. The zero-order valence-corrected chi connectivity index (χ0v) is 16.7. The Balaban J connectivity index is 1.74. The molecule has 28 heavy (non-hydrogen) atoms. The highest BCUT2D eigenvalue weighted by Gasteiger charge is 2.08. The maximum absolute atomic E-state index is 12.1. The van der Waals surface area contributed by atoms with Crippen LogP contribution in [-0.4, -0.2) is 25.6 Å². The first-order valence-corrected chi connectivity index (χ1v) is 9.82. The quantitative estimate of drug-likeness (QED) is 0.438. The number of ether oxygens (including phenoxy) is 2. The third-order valence-corrected chi connectivity index (χ3v) is 4.44. The predicted octanol–water partition coefficient (Wildman–Crippen LogP) is 5.00. The van der Waals surface area contributed by atoms with Crippen molar-refractivity contribution >= 4 is 17.6 Å². The molecule has 5 heteroatoms. The van der Waals surface area contributed by atoms with E-state index in [1.165, 1.54) is 0 Å². The molecule has 1 N–H and O–H groups in total. The van der Waals surface area contributed by atoms with Gasteiger partial charge in [0, 0.05) is 12.1 Å². The summed E-state index contributed by atoms with van der Waals surface area (Å²) in [6.45, 7) is 2.59. The zero-order chi connectivity index (χ0) is 20.2. The number of carbonyl (C=O) groups is 2. The predicted molar refractivity (Wildman–Crippen MR) is 111 cm³/mol. The fourth-order valence-corrected chi connectivity index (χ4v) is 2.74. The van der Waals surface area contributed by atoms with E-state index in [2.05, 4.69) is 12.2 Å². The summed E-state index contributed by atoms with van der Waals surface area (Å²) in [6.07, 6.45) is 5.31. The summed E-state index contributed by atoms with van der Waals surface area (Å²) in [4.78, 5) is 24.1. The van der Waals surface area contributed by atoms with Crippen LogP contribution in [0.15, 0.2) is 48.5 Å². The average Bonchev–Trinajstić information content (AvgIpc) is 2.73. The van der Waals surface area contributed by atoms with E-state index in [9.17, 15) is 9.59 Å². The van der Waals surface area contributed by atoms with Gasteiger partial charge in [0.25, 0.3) is 0 Å². The van der Waals surface area contributed by atoms with Crippen LogP contribution >= 0.6 is 0 Å². The Kier molecular flexibility index (Phi) is 9.05. The molecule has 0 saturated heterocycles. The molecule has 0 atom stereocenters. The van der Waals surface area contributed by atoms with E-state index < -0.39 is 0 Å². The topological polar surface area (TPSA) is 64.6 Å². The van der Waals surface area contributed by atoms with Gasteiger partial charge in [0.05, 0.1) is 19.3 Å². The Bertz CT molecular complexity index is 738. The van der Waals surface area contributed by atoms with Gasteiger partial charge in [-0.1, -0.05) is 38.3 Å². The van der Waals surface area contributed by atoms with Crippen LogP contribution in [0.5, 0.6) is 5.75 Å². The number of rotatable bonds is 11. The van der Waals surface area contributed by atoms with Gasteiger partial charge in [0.2, 0.25) is 5.91 Å². The maximum Gasteiger partial charge on any atom is 0.338 e. The highest BCUT2D eigenvalue weighted by Crippen LogP contribution is 2.14. The van der Waals surface area contributed by atoms with Crippen LogP contribution < -0.4 is 10.1 Å². The SMILES string of the molecule is CCCCCCOC(=O)c1ccc(NC(=O)CCc2ccc(OC)cc2)cc1. The summed E-state index contributed by atoms with van der Waals surface area (Å²) >= 11 is 0. The monoisotopic (exact) mass is 383 g/mol. The minimum Gasteiger partial charge on any atom is -0.497 e. The summed E-state index contributed by atoms with van der Waals surface area (Å²) in [5.74, 6) is 0.406. The maximum atomic E-state index is 12.1. The van der Waals surface area contributed by atoms with Crippen LogP contribution in [0.1, 0.15) is 54.9 Å². The van der Waals surface area contributed by atoms with Crippen LogP contribution in [0.2, 0.25) is 0 Å².